The lowest BCUT2D eigenvalue weighted by Gasteiger charge is -2.34. The second-order valence-electron chi connectivity index (χ2n) is 7.33. The van der Waals surface area contributed by atoms with E-state index in [1.807, 2.05) is 0 Å². The van der Waals surface area contributed by atoms with Crippen molar-refractivity contribution in [3.8, 4) is 0 Å². The number of carbonyl (C=O) groups is 2. The molecule has 0 spiro atoms. The molecule has 1 aliphatic carbocycles. The van der Waals surface area contributed by atoms with Gasteiger partial charge in [-0.25, -0.2) is 8.42 Å². The Bertz CT molecular complexity index is 786. The highest BCUT2D eigenvalue weighted by Crippen LogP contribution is 2.32. The number of aliphatic carboxylic acids is 1. The molecule has 2 heterocycles. The van der Waals surface area contributed by atoms with Crippen molar-refractivity contribution >= 4 is 21.9 Å². The zero-order valence-corrected chi connectivity index (χ0v) is 16.1. The summed E-state index contributed by atoms with van der Waals surface area (Å²) in [5.41, 5.74) is 0. The fraction of sp³-hybridized carbons (Fsp3) is 0.611. The van der Waals surface area contributed by atoms with E-state index < -0.39 is 21.9 Å². The van der Waals surface area contributed by atoms with E-state index in [9.17, 15) is 18.0 Å². The van der Waals surface area contributed by atoms with Crippen LogP contribution in [-0.4, -0.2) is 65.3 Å². The summed E-state index contributed by atoms with van der Waals surface area (Å²) in [4.78, 5) is 29.8. The van der Waals surface area contributed by atoms with Gasteiger partial charge in [0.05, 0.1) is 5.92 Å². The van der Waals surface area contributed by atoms with E-state index in [1.165, 1.54) is 22.8 Å². The Morgan fingerprint density at radius 1 is 1.30 bits per heavy atom. The van der Waals surface area contributed by atoms with E-state index in [2.05, 4.69) is 4.98 Å². The molecule has 1 saturated heterocycles. The lowest BCUT2D eigenvalue weighted by atomic mass is 9.96. The predicted octanol–water partition coefficient (Wildman–Crippen LogP) is 1.19. The van der Waals surface area contributed by atoms with Crippen LogP contribution in [-0.2, 0) is 19.6 Å². The van der Waals surface area contributed by atoms with Crippen molar-refractivity contribution in [2.24, 2.45) is 11.8 Å². The minimum absolute atomic E-state index is 0.0379. The third-order valence-corrected chi connectivity index (χ3v) is 7.12. The Balaban J connectivity index is 1.62. The van der Waals surface area contributed by atoms with Crippen LogP contribution in [0.2, 0.25) is 0 Å². The summed E-state index contributed by atoms with van der Waals surface area (Å²) in [6, 6.07) is 3.23. The number of pyridine rings is 1. The third-order valence-electron chi connectivity index (χ3n) is 5.24. The topological polar surface area (TPSA) is 108 Å². The lowest BCUT2D eigenvalue weighted by Crippen LogP contribution is -2.46. The van der Waals surface area contributed by atoms with Crippen molar-refractivity contribution in [3.63, 3.8) is 0 Å². The standard InChI is InChI=1S/C18H25N3O5S/c1-13(18(23)24)12-21(15-4-5-15)17(22)14-6-9-20(10-7-14)27(25,26)16-3-2-8-19-11-16/h2-3,8,11,13-15H,4-7,9-10,12H2,1H3,(H,23,24). The van der Waals surface area contributed by atoms with Gasteiger partial charge >= 0.3 is 5.97 Å². The normalized spacial score (nSPS) is 20.2. The van der Waals surface area contributed by atoms with Gasteiger partial charge in [0.1, 0.15) is 4.90 Å². The quantitative estimate of drug-likeness (QED) is 0.743. The summed E-state index contributed by atoms with van der Waals surface area (Å²) >= 11 is 0. The molecule has 0 bridgehead atoms. The third kappa shape index (κ3) is 4.47. The first kappa shape index (κ1) is 19.8. The maximum Gasteiger partial charge on any atom is 0.308 e. The van der Waals surface area contributed by atoms with Crippen molar-refractivity contribution in [3.05, 3.63) is 24.5 Å². The Labute approximate surface area is 159 Å². The Kier molecular flexibility index (Phi) is 5.81. The van der Waals surface area contributed by atoms with Crippen molar-refractivity contribution in [2.75, 3.05) is 19.6 Å². The van der Waals surface area contributed by atoms with Gasteiger partial charge in [0.2, 0.25) is 15.9 Å². The van der Waals surface area contributed by atoms with E-state index in [0.29, 0.717) is 12.8 Å². The molecule has 27 heavy (non-hydrogen) atoms. The number of carboxylic acid groups (broad SMARTS) is 1. The van der Waals surface area contributed by atoms with Crippen LogP contribution in [0.15, 0.2) is 29.4 Å². The van der Waals surface area contributed by atoms with Crippen LogP contribution in [0.5, 0.6) is 0 Å². The summed E-state index contributed by atoms with van der Waals surface area (Å²) < 4.78 is 26.7. The van der Waals surface area contributed by atoms with Gasteiger partial charge in [-0.15, -0.1) is 0 Å². The van der Waals surface area contributed by atoms with Gasteiger partial charge in [-0.1, -0.05) is 6.92 Å². The molecule has 1 atom stereocenters. The van der Waals surface area contributed by atoms with Gasteiger partial charge in [-0.2, -0.15) is 4.31 Å². The first-order valence-corrected chi connectivity index (χ1v) is 10.7. The van der Waals surface area contributed by atoms with Crippen molar-refractivity contribution in [1.82, 2.24) is 14.2 Å². The van der Waals surface area contributed by atoms with Gasteiger partial charge in [0.15, 0.2) is 0 Å². The van der Waals surface area contributed by atoms with E-state index in [1.54, 1.807) is 17.9 Å². The maximum atomic E-state index is 12.9. The van der Waals surface area contributed by atoms with E-state index in [4.69, 9.17) is 5.11 Å². The number of hydrogen-bond donors (Lipinski definition) is 1. The average molecular weight is 395 g/mol. The van der Waals surface area contributed by atoms with Crippen molar-refractivity contribution < 1.29 is 23.1 Å². The smallest absolute Gasteiger partial charge is 0.308 e. The number of aromatic nitrogens is 1. The zero-order chi connectivity index (χ0) is 19.6. The number of carboxylic acids is 1. The second-order valence-corrected chi connectivity index (χ2v) is 9.27. The summed E-state index contributed by atoms with van der Waals surface area (Å²) in [5.74, 6) is -1.82. The van der Waals surface area contributed by atoms with Gasteiger partial charge in [0.25, 0.3) is 0 Å². The first-order valence-electron chi connectivity index (χ1n) is 9.24. The highest BCUT2D eigenvalue weighted by molar-refractivity contribution is 7.89. The SMILES string of the molecule is CC(CN(C(=O)C1CCN(S(=O)(=O)c2cccnc2)CC1)C1CC1)C(=O)O. The summed E-state index contributed by atoms with van der Waals surface area (Å²) in [6.07, 6.45) is 5.56. The van der Waals surface area contributed by atoms with Crippen LogP contribution in [0.3, 0.4) is 0 Å². The minimum Gasteiger partial charge on any atom is -0.481 e. The molecule has 1 aromatic rings. The largest absolute Gasteiger partial charge is 0.481 e. The van der Waals surface area contributed by atoms with Crippen LogP contribution in [0.25, 0.3) is 0 Å². The molecule has 1 aromatic heterocycles. The van der Waals surface area contributed by atoms with Gasteiger partial charge in [0, 0.05) is 44.0 Å². The van der Waals surface area contributed by atoms with Crippen LogP contribution >= 0.6 is 0 Å². The first-order chi connectivity index (χ1) is 12.8. The van der Waals surface area contributed by atoms with Crippen LogP contribution in [0, 0.1) is 11.8 Å². The molecular weight excluding hydrogens is 370 g/mol. The molecule has 0 aromatic carbocycles. The number of nitrogens with zero attached hydrogens (tertiary/aromatic N) is 3. The fourth-order valence-corrected chi connectivity index (χ4v) is 4.84. The molecule has 1 saturated carbocycles. The van der Waals surface area contributed by atoms with E-state index in [-0.39, 0.29) is 42.4 Å². The molecule has 1 aliphatic heterocycles. The van der Waals surface area contributed by atoms with E-state index >= 15 is 0 Å². The number of hydrogen-bond acceptors (Lipinski definition) is 5. The van der Waals surface area contributed by atoms with Gasteiger partial charge < -0.3 is 10.0 Å². The van der Waals surface area contributed by atoms with Crippen molar-refractivity contribution in [1.29, 1.82) is 0 Å². The molecule has 1 unspecified atom stereocenters. The molecule has 2 fully saturated rings. The second kappa shape index (κ2) is 7.93. The number of sulfonamides is 1. The highest BCUT2D eigenvalue weighted by atomic mass is 32.2. The van der Waals surface area contributed by atoms with Gasteiger partial charge in [-0.3, -0.25) is 14.6 Å². The molecule has 1 N–H and O–H groups in total. The summed E-state index contributed by atoms with van der Waals surface area (Å²) in [5, 5.41) is 9.14. The number of amides is 1. The Hall–Kier alpha value is -2.00. The van der Waals surface area contributed by atoms with Crippen molar-refractivity contribution in [2.45, 2.75) is 43.5 Å². The molecule has 148 valence electrons. The molecule has 3 rings (SSSR count). The maximum absolute atomic E-state index is 12.9. The number of rotatable bonds is 7. The van der Waals surface area contributed by atoms with Crippen LogP contribution < -0.4 is 0 Å². The predicted molar refractivity (Wildman–Crippen MR) is 97.3 cm³/mol. The van der Waals surface area contributed by atoms with Crippen LogP contribution in [0.4, 0.5) is 0 Å². The molecule has 1 amide bonds. The highest BCUT2D eigenvalue weighted by Gasteiger charge is 2.39. The Morgan fingerprint density at radius 3 is 2.48 bits per heavy atom. The minimum atomic E-state index is -3.60. The molecule has 2 aliphatic rings. The Morgan fingerprint density at radius 2 is 1.96 bits per heavy atom. The molecular formula is C18H25N3O5S. The average Bonchev–Trinajstić information content (AvgIpc) is 3.51. The summed E-state index contributed by atoms with van der Waals surface area (Å²) in [6.45, 7) is 2.38. The molecule has 9 heteroatoms. The van der Waals surface area contributed by atoms with Gasteiger partial charge in [-0.05, 0) is 37.8 Å². The van der Waals surface area contributed by atoms with Crippen LogP contribution in [0.1, 0.15) is 32.6 Å². The van der Waals surface area contributed by atoms with E-state index in [0.717, 1.165) is 12.8 Å². The lowest BCUT2D eigenvalue weighted by molar-refractivity contribution is -0.144. The molecule has 8 nitrogen and oxygen atoms in total. The summed E-state index contributed by atoms with van der Waals surface area (Å²) in [7, 11) is -3.60. The fourth-order valence-electron chi connectivity index (χ4n) is 3.40. The molecule has 0 radical (unpaired) electrons. The zero-order valence-electron chi connectivity index (χ0n) is 15.3. The monoisotopic (exact) mass is 395 g/mol. The number of carbonyl (C=O) groups excluding carboxylic acids is 1. The number of piperidine rings is 1.